The number of methoxy groups -OCH3 is 2. The van der Waals surface area contributed by atoms with Gasteiger partial charge in [-0.05, 0) is 55.3 Å². The Morgan fingerprint density at radius 3 is 1.95 bits per heavy atom. The fourth-order valence-electron chi connectivity index (χ4n) is 4.30. The second kappa shape index (κ2) is 11.4. The highest BCUT2D eigenvalue weighted by atomic mass is 32.1. The smallest absolute Gasteiger partial charge is 0.338 e. The third-order valence-electron chi connectivity index (χ3n) is 5.97. The number of esters is 2. The average molecular weight is 537 g/mol. The van der Waals surface area contributed by atoms with E-state index in [-0.39, 0.29) is 21.6 Å². The molecule has 1 atom stereocenters. The molecule has 1 unspecified atom stereocenters. The third-order valence-corrected chi connectivity index (χ3v) is 7.08. The molecule has 10 heteroatoms. The minimum Gasteiger partial charge on any atom is -0.494 e. The largest absolute Gasteiger partial charge is 0.494 e. The van der Waals surface area contributed by atoms with E-state index in [1.807, 2.05) is 26.0 Å². The number of aromatic nitrogens is 1. The van der Waals surface area contributed by atoms with Gasteiger partial charge in [-0.3, -0.25) is 9.36 Å². The molecule has 1 aliphatic rings. The quantitative estimate of drug-likeness (QED) is 0.434. The summed E-state index contributed by atoms with van der Waals surface area (Å²) >= 11 is 1.09. The Hall–Kier alpha value is -4.31. The summed E-state index contributed by atoms with van der Waals surface area (Å²) in [6.45, 7) is 4.79. The summed E-state index contributed by atoms with van der Waals surface area (Å²) in [6.07, 6.45) is 1.69. The molecular weight excluding hydrogens is 508 g/mol. The van der Waals surface area contributed by atoms with Crippen molar-refractivity contribution in [1.29, 1.82) is 0 Å². The summed E-state index contributed by atoms with van der Waals surface area (Å²) in [5, 5.41) is 0. The minimum absolute atomic E-state index is 0.0305. The predicted octanol–water partition coefficient (Wildman–Crippen LogP) is 1.96. The van der Waals surface area contributed by atoms with Crippen LogP contribution in [0.5, 0.6) is 11.5 Å². The number of hydrogen-bond donors (Lipinski definition) is 1. The van der Waals surface area contributed by atoms with Crippen molar-refractivity contribution in [2.75, 3.05) is 27.4 Å². The molecule has 2 heterocycles. The maximum absolute atomic E-state index is 13.5. The number of nitrogens with two attached hydrogens (primary N) is 1. The van der Waals surface area contributed by atoms with Gasteiger partial charge in [0.05, 0.1) is 49.0 Å². The molecule has 0 bridgehead atoms. The Bertz CT molecular complexity index is 1570. The Morgan fingerprint density at radius 2 is 1.42 bits per heavy atom. The Kier molecular flexibility index (Phi) is 8.02. The summed E-state index contributed by atoms with van der Waals surface area (Å²) in [6, 6.07) is 14.2. The van der Waals surface area contributed by atoms with Gasteiger partial charge in [0.1, 0.15) is 22.0 Å². The van der Waals surface area contributed by atoms with Gasteiger partial charge in [-0.25, -0.2) is 9.59 Å². The molecule has 1 aliphatic heterocycles. The van der Waals surface area contributed by atoms with Crippen LogP contribution < -0.4 is 30.0 Å². The zero-order valence-corrected chi connectivity index (χ0v) is 22.3. The fourth-order valence-corrected chi connectivity index (χ4v) is 5.47. The Morgan fingerprint density at radius 1 is 0.895 bits per heavy atom. The van der Waals surface area contributed by atoms with Crippen LogP contribution in [0.2, 0.25) is 0 Å². The molecule has 0 radical (unpaired) electrons. The first kappa shape index (κ1) is 26.7. The van der Waals surface area contributed by atoms with E-state index in [9.17, 15) is 14.4 Å². The van der Waals surface area contributed by atoms with Gasteiger partial charge in [-0.1, -0.05) is 24.3 Å². The van der Waals surface area contributed by atoms with Crippen LogP contribution in [0.4, 0.5) is 0 Å². The van der Waals surface area contributed by atoms with Crippen molar-refractivity contribution in [2.45, 2.75) is 19.8 Å². The predicted molar refractivity (Wildman–Crippen MR) is 144 cm³/mol. The zero-order valence-electron chi connectivity index (χ0n) is 21.5. The second-order valence-electron chi connectivity index (χ2n) is 8.19. The molecule has 2 aromatic carbocycles. The van der Waals surface area contributed by atoms with E-state index in [0.717, 1.165) is 16.9 Å². The Labute approximate surface area is 223 Å². The van der Waals surface area contributed by atoms with E-state index < -0.39 is 23.4 Å². The number of benzene rings is 2. The molecule has 3 aromatic rings. The van der Waals surface area contributed by atoms with Gasteiger partial charge < -0.3 is 24.7 Å². The van der Waals surface area contributed by atoms with Gasteiger partial charge >= 0.3 is 11.9 Å². The molecular formula is C28H28N2O7S. The molecule has 4 rings (SSSR count). The van der Waals surface area contributed by atoms with E-state index in [0.29, 0.717) is 34.8 Å². The van der Waals surface area contributed by atoms with Gasteiger partial charge in [-0.15, -0.1) is 11.3 Å². The summed E-state index contributed by atoms with van der Waals surface area (Å²) in [5.41, 5.74) is 7.41. The normalized spacial score (nSPS) is 15.2. The van der Waals surface area contributed by atoms with Crippen LogP contribution in [0, 0.1) is 0 Å². The lowest BCUT2D eigenvalue weighted by Crippen LogP contribution is -2.41. The van der Waals surface area contributed by atoms with Gasteiger partial charge in [-0.2, -0.15) is 0 Å². The van der Waals surface area contributed by atoms with Crippen molar-refractivity contribution in [3.8, 4) is 11.5 Å². The summed E-state index contributed by atoms with van der Waals surface area (Å²) in [4.78, 5) is 39.7. The highest BCUT2D eigenvalue weighted by Crippen LogP contribution is 2.38. The second-order valence-corrected chi connectivity index (χ2v) is 9.22. The summed E-state index contributed by atoms with van der Waals surface area (Å²) < 4.78 is 22.9. The van der Waals surface area contributed by atoms with E-state index >= 15 is 0 Å². The van der Waals surface area contributed by atoms with Crippen molar-refractivity contribution in [1.82, 2.24) is 4.57 Å². The number of hydrogen-bond acceptors (Lipinski definition) is 9. The molecule has 1 aromatic heterocycles. The minimum atomic E-state index is -0.929. The first-order valence-electron chi connectivity index (χ1n) is 11.9. The van der Waals surface area contributed by atoms with Crippen LogP contribution in [-0.4, -0.2) is 43.9 Å². The molecule has 9 nitrogen and oxygen atoms in total. The standard InChI is InChI=1S/C28H28N2O7S/c1-5-36-18-11-7-16(8-12-18)15-20-25(31)30-24(29)22(27(32)34-3)21(23(26(30)38-20)28(33)35-4)17-9-13-19(14-10-17)37-6-2/h7-15,21H,5-6,29H2,1-4H3. The number of nitrogens with zero attached hydrogens (tertiary/aromatic N) is 1. The van der Waals surface area contributed by atoms with Gasteiger partial charge in [0, 0.05) is 0 Å². The van der Waals surface area contributed by atoms with Gasteiger partial charge in [0.25, 0.3) is 5.56 Å². The van der Waals surface area contributed by atoms with E-state index in [1.165, 1.54) is 18.8 Å². The highest BCUT2D eigenvalue weighted by molar-refractivity contribution is 7.07. The highest BCUT2D eigenvalue weighted by Gasteiger charge is 2.39. The molecule has 0 saturated carbocycles. The van der Waals surface area contributed by atoms with Crippen LogP contribution >= 0.6 is 11.3 Å². The number of fused-ring (bicyclic) bond motifs is 1. The maximum Gasteiger partial charge on any atom is 0.338 e. The number of ether oxygens (including phenoxy) is 4. The lowest BCUT2D eigenvalue weighted by Gasteiger charge is -2.26. The molecule has 0 spiro atoms. The van der Waals surface area contributed by atoms with Crippen LogP contribution in [0.25, 0.3) is 17.5 Å². The SMILES string of the molecule is CCOc1ccc(C=c2sc3n(c2=O)C(N)=C(C(=O)OC)C(c2ccc(OCC)cc2)C=3C(=O)OC)cc1. The molecule has 198 valence electrons. The van der Waals surface area contributed by atoms with Crippen molar-refractivity contribution in [3.63, 3.8) is 0 Å². The van der Waals surface area contributed by atoms with E-state index in [4.69, 9.17) is 24.7 Å². The molecule has 38 heavy (non-hydrogen) atoms. The van der Waals surface area contributed by atoms with Crippen LogP contribution in [-0.2, 0) is 19.1 Å². The number of rotatable bonds is 8. The number of carbonyl (C=O) groups is 2. The number of thiazole rings is 1. The van der Waals surface area contributed by atoms with Gasteiger partial charge in [0.2, 0.25) is 0 Å². The topological polar surface area (TPSA) is 119 Å². The lowest BCUT2D eigenvalue weighted by atomic mass is 9.83. The van der Waals surface area contributed by atoms with Crippen LogP contribution in [0.15, 0.2) is 58.9 Å². The monoisotopic (exact) mass is 536 g/mol. The molecule has 0 amide bonds. The van der Waals surface area contributed by atoms with E-state index in [2.05, 4.69) is 0 Å². The fraction of sp³-hybridized carbons (Fsp3) is 0.250. The molecule has 0 aliphatic carbocycles. The first-order valence-corrected chi connectivity index (χ1v) is 12.8. The number of carbonyl (C=O) groups excluding carboxylic acids is 2. The first-order chi connectivity index (χ1) is 18.3. The summed E-state index contributed by atoms with van der Waals surface area (Å²) in [5.74, 6) is -1.15. The molecule has 0 saturated heterocycles. The van der Waals surface area contributed by atoms with Crippen molar-refractivity contribution >= 4 is 40.7 Å². The van der Waals surface area contributed by atoms with E-state index in [1.54, 1.807) is 42.5 Å². The van der Waals surface area contributed by atoms with Crippen LogP contribution in [0.1, 0.15) is 30.9 Å². The third kappa shape index (κ3) is 4.95. The lowest BCUT2D eigenvalue weighted by molar-refractivity contribution is -0.136. The Balaban J connectivity index is 2.00. The average Bonchev–Trinajstić information content (AvgIpc) is 3.25. The maximum atomic E-state index is 13.5. The van der Waals surface area contributed by atoms with Crippen molar-refractivity contribution in [2.24, 2.45) is 5.73 Å². The van der Waals surface area contributed by atoms with Crippen molar-refractivity contribution < 1.29 is 28.5 Å². The van der Waals surface area contributed by atoms with Crippen LogP contribution in [0.3, 0.4) is 0 Å². The van der Waals surface area contributed by atoms with Gasteiger partial charge in [0.15, 0.2) is 0 Å². The summed E-state index contributed by atoms with van der Waals surface area (Å²) in [7, 11) is 2.46. The molecule has 2 N–H and O–H groups in total. The zero-order chi connectivity index (χ0) is 27.4. The van der Waals surface area contributed by atoms with Crippen molar-refractivity contribution in [3.05, 3.63) is 84.8 Å². The molecule has 0 fully saturated rings.